The number of aliphatic carboxylic acids is 1. The standard InChI is InChI=1S/C17H20FN3O4/c18-11-3-1-10(2-4-11)7-13(19)16(23)20-8-12-5-6-14(17(24)25)21(12)15(22)9-20/h1-4,12-14H,5-9,19H2,(H,24,25). The van der Waals surface area contributed by atoms with Crippen LogP contribution in [0.4, 0.5) is 4.39 Å². The molecule has 2 heterocycles. The number of halogens is 1. The normalized spacial score (nSPS) is 24.2. The van der Waals surface area contributed by atoms with Crippen molar-refractivity contribution in [1.29, 1.82) is 0 Å². The second-order valence-corrected chi connectivity index (χ2v) is 6.54. The summed E-state index contributed by atoms with van der Waals surface area (Å²) < 4.78 is 12.9. The highest BCUT2D eigenvalue weighted by atomic mass is 19.1. The smallest absolute Gasteiger partial charge is 0.326 e. The second-order valence-electron chi connectivity index (χ2n) is 6.54. The third-order valence-corrected chi connectivity index (χ3v) is 4.83. The molecule has 25 heavy (non-hydrogen) atoms. The predicted molar refractivity (Wildman–Crippen MR) is 86.0 cm³/mol. The molecule has 2 fully saturated rings. The van der Waals surface area contributed by atoms with Crippen molar-refractivity contribution in [3.05, 3.63) is 35.6 Å². The van der Waals surface area contributed by atoms with Gasteiger partial charge in [-0.1, -0.05) is 12.1 Å². The van der Waals surface area contributed by atoms with Gasteiger partial charge in [0.25, 0.3) is 0 Å². The van der Waals surface area contributed by atoms with Gasteiger partial charge in [-0.05, 0) is 37.0 Å². The first kappa shape index (κ1) is 17.3. The monoisotopic (exact) mass is 349 g/mol. The number of piperazine rings is 1. The van der Waals surface area contributed by atoms with E-state index in [9.17, 15) is 23.9 Å². The molecule has 0 aromatic heterocycles. The molecule has 0 spiro atoms. The Kier molecular flexibility index (Phi) is 4.71. The fourth-order valence-electron chi connectivity index (χ4n) is 3.61. The Morgan fingerprint density at radius 2 is 1.96 bits per heavy atom. The Morgan fingerprint density at radius 3 is 2.60 bits per heavy atom. The summed E-state index contributed by atoms with van der Waals surface area (Å²) in [7, 11) is 0. The van der Waals surface area contributed by atoms with Crippen LogP contribution in [-0.4, -0.2) is 63.9 Å². The van der Waals surface area contributed by atoms with Gasteiger partial charge < -0.3 is 20.6 Å². The first-order valence-electron chi connectivity index (χ1n) is 8.19. The number of carbonyl (C=O) groups is 3. The molecule has 7 nitrogen and oxygen atoms in total. The van der Waals surface area contributed by atoms with Crippen LogP contribution in [0.15, 0.2) is 24.3 Å². The van der Waals surface area contributed by atoms with Crippen LogP contribution >= 0.6 is 0 Å². The Balaban J connectivity index is 1.64. The molecule has 3 N–H and O–H groups in total. The van der Waals surface area contributed by atoms with Crippen LogP contribution in [0.3, 0.4) is 0 Å². The van der Waals surface area contributed by atoms with E-state index >= 15 is 0 Å². The zero-order valence-corrected chi connectivity index (χ0v) is 13.6. The van der Waals surface area contributed by atoms with E-state index in [0.29, 0.717) is 19.4 Å². The molecule has 3 rings (SSSR count). The van der Waals surface area contributed by atoms with E-state index in [1.54, 1.807) is 12.1 Å². The van der Waals surface area contributed by atoms with Crippen LogP contribution in [0.2, 0.25) is 0 Å². The van der Waals surface area contributed by atoms with Gasteiger partial charge in [-0.2, -0.15) is 0 Å². The number of amides is 2. The first-order valence-corrected chi connectivity index (χ1v) is 8.19. The van der Waals surface area contributed by atoms with Crippen LogP contribution < -0.4 is 5.73 Å². The SMILES string of the molecule is NC(Cc1ccc(F)cc1)C(=O)N1CC(=O)N2C(CCC2C(=O)O)C1. The Morgan fingerprint density at radius 1 is 1.28 bits per heavy atom. The molecule has 2 aliphatic heterocycles. The number of carbonyl (C=O) groups excluding carboxylic acids is 2. The number of nitrogens with zero attached hydrogens (tertiary/aromatic N) is 2. The third-order valence-electron chi connectivity index (χ3n) is 4.83. The lowest BCUT2D eigenvalue weighted by Gasteiger charge is -2.39. The van der Waals surface area contributed by atoms with E-state index in [4.69, 9.17) is 5.73 Å². The number of nitrogens with two attached hydrogens (primary N) is 1. The van der Waals surface area contributed by atoms with Gasteiger partial charge in [-0.15, -0.1) is 0 Å². The van der Waals surface area contributed by atoms with Crippen LogP contribution in [0.25, 0.3) is 0 Å². The molecule has 2 amide bonds. The summed E-state index contributed by atoms with van der Waals surface area (Å²) in [6.07, 6.45) is 1.20. The largest absolute Gasteiger partial charge is 0.480 e. The highest BCUT2D eigenvalue weighted by molar-refractivity contribution is 5.91. The minimum absolute atomic E-state index is 0.157. The van der Waals surface area contributed by atoms with Gasteiger partial charge in [-0.25, -0.2) is 9.18 Å². The lowest BCUT2D eigenvalue weighted by atomic mass is 10.0. The van der Waals surface area contributed by atoms with E-state index in [-0.39, 0.29) is 36.6 Å². The second kappa shape index (κ2) is 6.79. The molecule has 3 atom stereocenters. The highest BCUT2D eigenvalue weighted by Crippen LogP contribution is 2.28. The highest BCUT2D eigenvalue weighted by Gasteiger charge is 2.45. The molecule has 1 aromatic rings. The zero-order chi connectivity index (χ0) is 18.1. The number of hydrogen-bond acceptors (Lipinski definition) is 4. The van der Waals surface area contributed by atoms with Gasteiger partial charge in [-0.3, -0.25) is 9.59 Å². The molecule has 0 aliphatic carbocycles. The Bertz CT molecular complexity index is 694. The van der Waals surface area contributed by atoms with Gasteiger partial charge in [0.2, 0.25) is 11.8 Å². The van der Waals surface area contributed by atoms with Gasteiger partial charge >= 0.3 is 5.97 Å². The van der Waals surface area contributed by atoms with E-state index in [2.05, 4.69) is 0 Å². The van der Waals surface area contributed by atoms with E-state index in [1.807, 2.05) is 0 Å². The number of rotatable bonds is 4. The molecule has 0 radical (unpaired) electrons. The number of fused-ring (bicyclic) bond motifs is 1. The number of carboxylic acid groups (broad SMARTS) is 1. The van der Waals surface area contributed by atoms with Crippen molar-refractivity contribution >= 4 is 17.8 Å². The maximum atomic E-state index is 12.9. The van der Waals surface area contributed by atoms with Gasteiger partial charge in [0.05, 0.1) is 18.6 Å². The van der Waals surface area contributed by atoms with Crippen molar-refractivity contribution in [2.24, 2.45) is 5.73 Å². The number of benzene rings is 1. The topological polar surface area (TPSA) is 104 Å². The minimum atomic E-state index is -1.01. The summed E-state index contributed by atoms with van der Waals surface area (Å²) in [4.78, 5) is 38.9. The minimum Gasteiger partial charge on any atom is -0.480 e. The van der Waals surface area contributed by atoms with Crippen molar-refractivity contribution in [3.63, 3.8) is 0 Å². The van der Waals surface area contributed by atoms with Crippen molar-refractivity contribution in [2.45, 2.75) is 37.4 Å². The maximum absolute atomic E-state index is 12.9. The third kappa shape index (κ3) is 3.48. The average molecular weight is 349 g/mol. The van der Waals surface area contributed by atoms with E-state index in [1.165, 1.54) is 21.9 Å². The quantitative estimate of drug-likeness (QED) is 0.795. The predicted octanol–water partition coefficient (Wildman–Crippen LogP) is -0.0181. The van der Waals surface area contributed by atoms with Crippen molar-refractivity contribution in [3.8, 4) is 0 Å². The fourth-order valence-corrected chi connectivity index (χ4v) is 3.61. The lowest BCUT2D eigenvalue weighted by Crippen LogP contribution is -2.60. The van der Waals surface area contributed by atoms with Crippen LogP contribution in [0, 0.1) is 5.82 Å². The van der Waals surface area contributed by atoms with Crippen molar-refractivity contribution < 1.29 is 23.9 Å². The molecule has 8 heteroatoms. The van der Waals surface area contributed by atoms with Gasteiger partial charge in [0, 0.05) is 6.54 Å². The maximum Gasteiger partial charge on any atom is 0.326 e. The molecule has 2 saturated heterocycles. The summed E-state index contributed by atoms with van der Waals surface area (Å²) in [5.74, 6) is -2.08. The van der Waals surface area contributed by atoms with Crippen molar-refractivity contribution in [2.75, 3.05) is 13.1 Å². The van der Waals surface area contributed by atoms with Gasteiger partial charge in [0.15, 0.2) is 0 Å². The summed E-state index contributed by atoms with van der Waals surface area (Å²) >= 11 is 0. The van der Waals surface area contributed by atoms with Crippen molar-refractivity contribution in [1.82, 2.24) is 9.80 Å². The summed E-state index contributed by atoms with van der Waals surface area (Å²) in [6.45, 7) is 0.141. The molecule has 3 unspecified atom stereocenters. The van der Waals surface area contributed by atoms with Crippen LogP contribution in [-0.2, 0) is 20.8 Å². The van der Waals surface area contributed by atoms with Crippen LogP contribution in [0.1, 0.15) is 18.4 Å². The molecular weight excluding hydrogens is 329 g/mol. The molecule has 0 saturated carbocycles. The average Bonchev–Trinajstić information content (AvgIpc) is 3.01. The molecule has 1 aromatic carbocycles. The molecule has 2 aliphatic rings. The summed E-state index contributed by atoms with van der Waals surface area (Å²) in [6, 6.07) is 3.84. The van der Waals surface area contributed by atoms with E-state index < -0.39 is 18.1 Å². The van der Waals surface area contributed by atoms with Crippen LogP contribution in [0.5, 0.6) is 0 Å². The number of carboxylic acids is 1. The Labute approximate surface area is 144 Å². The summed E-state index contributed by atoms with van der Waals surface area (Å²) in [5, 5.41) is 9.20. The number of hydrogen-bond donors (Lipinski definition) is 2. The molecule has 134 valence electrons. The van der Waals surface area contributed by atoms with Gasteiger partial charge in [0.1, 0.15) is 11.9 Å². The zero-order valence-electron chi connectivity index (χ0n) is 13.6. The Hall–Kier alpha value is -2.48. The van der Waals surface area contributed by atoms with E-state index in [0.717, 1.165) is 5.56 Å². The molecule has 0 bridgehead atoms. The summed E-state index contributed by atoms with van der Waals surface area (Å²) in [5.41, 5.74) is 6.71. The first-order chi connectivity index (χ1) is 11.9. The fraction of sp³-hybridized carbons (Fsp3) is 0.471. The molecular formula is C17H20FN3O4. The lowest BCUT2D eigenvalue weighted by molar-refractivity contribution is -0.156.